The molecule has 3 atom stereocenters. The third kappa shape index (κ3) is 2.49. The largest absolute Gasteiger partial charge is 0.372 e. The van der Waals surface area contributed by atoms with E-state index < -0.39 is 0 Å². The number of nitro groups is 1. The van der Waals surface area contributed by atoms with E-state index >= 15 is 0 Å². The summed E-state index contributed by atoms with van der Waals surface area (Å²) in [6, 6.07) is 9.86. The number of allylic oxidation sites excluding steroid dienone is 2. The van der Waals surface area contributed by atoms with Crippen LogP contribution in [-0.4, -0.2) is 4.92 Å². The maximum absolute atomic E-state index is 11.7. The fourth-order valence-corrected chi connectivity index (χ4v) is 4.79. The number of nitro benzene ring substituents is 1. The van der Waals surface area contributed by atoms with Gasteiger partial charge in [0.15, 0.2) is 0 Å². The Morgan fingerprint density at radius 3 is 2.76 bits per heavy atom. The third-order valence-electron chi connectivity index (χ3n) is 5.59. The summed E-state index contributed by atoms with van der Waals surface area (Å²) in [6.45, 7) is 4.03. The minimum atomic E-state index is -0.269. The zero-order valence-electron chi connectivity index (χ0n) is 14.1. The number of aryl methyl sites for hydroxylation is 1. The molecular formula is C20H19BrN2O2. The Morgan fingerprint density at radius 2 is 2.04 bits per heavy atom. The molecule has 0 aromatic heterocycles. The number of anilines is 1. The van der Waals surface area contributed by atoms with Gasteiger partial charge in [-0.3, -0.25) is 10.1 Å². The first kappa shape index (κ1) is 16.3. The molecule has 0 bridgehead atoms. The quantitative estimate of drug-likeness (QED) is 0.395. The second kappa shape index (κ2) is 5.99. The van der Waals surface area contributed by atoms with E-state index in [2.05, 4.69) is 46.4 Å². The van der Waals surface area contributed by atoms with Crippen molar-refractivity contribution in [1.29, 1.82) is 0 Å². The molecule has 2 aromatic carbocycles. The van der Waals surface area contributed by atoms with E-state index in [4.69, 9.17) is 0 Å². The molecule has 4 nitrogen and oxygen atoms in total. The fourth-order valence-electron chi connectivity index (χ4n) is 4.26. The normalized spacial score (nSPS) is 23.7. The summed E-state index contributed by atoms with van der Waals surface area (Å²) in [5, 5.41) is 15.2. The van der Waals surface area contributed by atoms with Crippen LogP contribution < -0.4 is 5.32 Å². The lowest BCUT2D eigenvalue weighted by Gasteiger charge is -2.38. The molecule has 0 radical (unpaired) electrons. The van der Waals surface area contributed by atoms with Crippen LogP contribution in [-0.2, 0) is 0 Å². The van der Waals surface area contributed by atoms with Gasteiger partial charge < -0.3 is 5.32 Å². The van der Waals surface area contributed by atoms with Crippen LogP contribution in [0.5, 0.6) is 0 Å². The molecule has 128 valence electrons. The molecule has 5 heteroatoms. The number of benzene rings is 2. The zero-order chi connectivity index (χ0) is 17.7. The van der Waals surface area contributed by atoms with Crippen LogP contribution in [0.3, 0.4) is 0 Å². The average molecular weight is 399 g/mol. The summed E-state index contributed by atoms with van der Waals surface area (Å²) in [6.07, 6.45) is 5.41. The van der Waals surface area contributed by atoms with E-state index in [-0.39, 0.29) is 22.6 Å². The SMILES string of the molecule is Cc1cc([N+](=O)[O-])c2c(c1C)[C@H]1C=CC[C@@H]1[C@H](c1ccccc1Br)N2. The second-order valence-electron chi connectivity index (χ2n) is 6.88. The van der Waals surface area contributed by atoms with Crippen LogP contribution in [0, 0.1) is 29.9 Å². The Kier molecular flexibility index (Phi) is 3.91. The minimum absolute atomic E-state index is 0.0453. The summed E-state index contributed by atoms with van der Waals surface area (Å²) in [5.74, 6) is 0.582. The molecule has 0 spiro atoms. The van der Waals surface area contributed by atoms with Gasteiger partial charge in [0.1, 0.15) is 5.69 Å². The molecule has 0 amide bonds. The predicted octanol–water partition coefficient (Wildman–Crippen LogP) is 5.80. The molecule has 1 heterocycles. The van der Waals surface area contributed by atoms with Crippen molar-refractivity contribution >= 4 is 27.3 Å². The molecule has 0 saturated heterocycles. The van der Waals surface area contributed by atoms with E-state index in [1.165, 1.54) is 0 Å². The van der Waals surface area contributed by atoms with Crippen molar-refractivity contribution in [3.8, 4) is 0 Å². The van der Waals surface area contributed by atoms with E-state index in [1.807, 2.05) is 25.1 Å². The lowest BCUT2D eigenvalue weighted by atomic mass is 9.74. The topological polar surface area (TPSA) is 55.2 Å². The smallest absolute Gasteiger partial charge is 0.292 e. The molecule has 2 aliphatic rings. The average Bonchev–Trinajstić information content (AvgIpc) is 3.07. The lowest BCUT2D eigenvalue weighted by Crippen LogP contribution is -2.30. The number of halogens is 1. The van der Waals surface area contributed by atoms with Crippen molar-refractivity contribution in [2.75, 3.05) is 5.32 Å². The van der Waals surface area contributed by atoms with Gasteiger partial charge in [-0.05, 0) is 54.5 Å². The monoisotopic (exact) mass is 398 g/mol. The minimum Gasteiger partial charge on any atom is -0.372 e. The van der Waals surface area contributed by atoms with Crippen LogP contribution in [0.15, 0.2) is 47.0 Å². The van der Waals surface area contributed by atoms with Crippen molar-refractivity contribution in [3.63, 3.8) is 0 Å². The Morgan fingerprint density at radius 1 is 1.28 bits per heavy atom. The first-order valence-electron chi connectivity index (χ1n) is 8.45. The van der Waals surface area contributed by atoms with Gasteiger partial charge in [-0.2, -0.15) is 0 Å². The summed E-state index contributed by atoms with van der Waals surface area (Å²) in [4.78, 5) is 11.4. The molecular weight excluding hydrogens is 380 g/mol. The number of hydrogen-bond donors (Lipinski definition) is 1. The summed E-state index contributed by atoms with van der Waals surface area (Å²) >= 11 is 3.65. The third-order valence-corrected chi connectivity index (χ3v) is 6.31. The molecule has 1 aliphatic carbocycles. The summed E-state index contributed by atoms with van der Waals surface area (Å²) in [5.41, 5.74) is 5.23. The van der Waals surface area contributed by atoms with Crippen LogP contribution in [0.25, 0.3) is 0 Å². The summed E-state index contributed by atoms with van der Waals surface area (Å²) in [7, 11) is 0. The Hall–Kier alpha value is -2.14. The number of nitrogens with one attached hydrogen (secondary N) is 1. The molecule has 4 rings (SSSR count). The van der Waals surface area contributed by atoms with Gasteiger partial charge in [0, 0.05) is 16.5 Å². The molecule has 0 fully saturated rings. The zero-order valence-corrected chi connectivity index (χ0v) is 15.7. The maximum Gasteiger partial charge on any atom is 0.292 e. The van der Waals surface area contributed by atoms with Crippen LogP contribution in [0.4, 0.5) is 11.4 Å². The molecule has 0 saturated carbocycles. The molecule has 1 N–H and O–H groups in total. The summed E-state index contributed by atoms with van der Waals surface area (Å²) < 4.78 is 1.04. The van der Waals surface area contributed by atoms with E-state index in [0.717, 1.165) is 33.1 Å². The van der Waals surface area contributed by atoms with E-state index in [0.29, 0.717) is 11.6 Å². The lowest BCUT2D eigenvalue weighted by molar-refractivity contribution is -0.384. The van der Waals surface area contributed by atoms with Crippen molar-refractivity contribution in [3.05, 3.63) is 79.3 Å². The van der Waals surface area contributed by atoms with Gasteiger partial charge in [-0.15, -0.1) is 0 Å². The highest BCUT2D eigenvalue weighted by atomic mass is 79.9. The van der Waals surface area contributed by atoms with E-state index in [9.17, 15) is 10.1 Å². The number of nitrogens with zero attached hydrogens (tertiary/aromatic N) is 1. The molecule has 1 aliphatic heterocycles. The Bertz CT molecular complexity index is 907. The van der Waals surface area contributed by atoms with Crippen LogP contribution >= 0.6 is 15.9 Å². The highest BCUT2D eigenvalue weighted by molar-refractivity contribution is 9.10. The van der Waals surface area contributed by atoms with E-state index in [1.54, 1.807) is 6.07 Å². The van der Waals surface area contributed by atoms with Gasteiger partial charge in [-0.1, -0.05) is 46.3 Å². The molecule has 2 aromatic rings. The van der Waals surface area contributed by atoms with Crippen LogP contribution in [0.1, 0.15) is 40.6 Å². The fraction of sp³-hybridized carbons (Fsp3) is 0.300. The number of rotatable bonds is 2. The second-order valence-corrected chi connectivity index (χ2v) is 7.73. The van der Waals surface area contributed by atoms with Gasteiger partial charge in [0.05, 0.1) is 11.0 Å². The van der Waals surface area contributed by atoms with Crippen molar-refractivity contribution in [2.24, 2.45) is 5.92 Å². The molecule has 25 heavy (non-hydrogen) atoms. The van der Waals surface area contributed by atoms with Crippen molar-refractivity contribution in [2.45, 2.75) is 32.2 Å². The Labute approximate surface area is 155 Å². The molecule has 0 unspecified atom stereocenters. The highest BCUT2D eigenvalue weighted by Crippen LogP contribution is 2.54. The van der Waals surface area contributed by atoms with Gasteiger partial charge in [0.2, 0.25) is 0 Å². The van der Waals surface area contributed by atoms with Crippen molar-refractivity contribution < 1.29 is 4.92 Å². The standard InChI is InChI=1S/C20H19BrN2O2/c1-11-10-17(23(24)25)20-18(12(11)2)13-7-5-8-14(13)19(22-20)15-6-3-4-9-16(15)21/h3-7,9-10,13-14,19,22H,8H2,1-2H3/t13-,14-,19+/m0/s1. The highest BCUT2D eigenvalue weighted by Gasteiger charge is 2.42. The number of hydrogen-bond acceptors (Lipinski definition) is 3. The van der Waals surface area contributed by atoms with Crippen LogP contribution in [0.2, 0.25) is 0 Å². The predicted molar refractivity (Wildman–Crippen MR) is 103 cm³/mol. The first-order valence-corrected chi connectivity index (χ1v) is 9.24. The first-order chi connectivity index (χ1) is 12.0. The van der Waals surface area contributed by atoms with Gasteiger partial charge in [-0.25, -0.2) is 0 Å². The number of fused-ring (bicyclic) bond motifs is 3. The maximum atomic E-state index is 11.7. The van der Waals surface area contributed by atoms with Gasteiger partial charge in [0.25, 0.3) is 5.69 Å². The van der Waals surface area contributed by atoms with Gasteiger partial charge >= 0.3 is 0 Å². The Balaban J connectivity index is 1.94. The van der Waals surface area contributed by atoms with Crippen molar-refractivity contribution in [1.82, 2.24) is 0 Å².